The lowest BCUT2D eigenvalue weighted by atomic mass is 10.1. The second kappa shape index (κ2) is 5.60. The molecule has 0 bridgehead atoms. The van der Waals surface area contributed by atoms with Crippen molar-refractivity contribution >= 4 is 19.7 Å². The van der Waals surface area contributed by atoms with Gasteiger partial charge in [-0.05, 0) is 24.1 Å². The highest BCUT2D eigenvalue weighted by Crippen LogP contribution is 2.35. The molecule has 0 heterocycles. The summed E-state index contributed by atoms with van der Waals surface area (Å²) in [4.78, 5) is 0. The molecule has 1 rings (SSSR count). The molecule has 0 radical (unpaired) electrons. The number of hydrogen-bond acceptors (Lipinski definition) is 4. The van der Waals surface area contributed by atoms with E-state index in [2.05, 4.69) is 0 Å². The summed E-state index contributed by atoms with van der Waals surface area (Å²) in [5.41, 5.74) is 0.597. The molecule has 0 aliphatic rings. The molecule has 96 valence electrons. The molecule has 1 atom stereocenters. The summed E-state index contributed by atoms with van der Waals surface area (Å²) in [6.45, 7) is 1.77. The van der Waals surface area contributed by atoms with Crippen molar-refractivity contribution in [2.24, 2.45) is 0 Å². The number of hydrogen-bond donors (Lipinski definition) is 0. The second-order valence-electron chi connectivity index (χ2n) is 3.49. The molecule has 0 aliphatic carbocycles. The first kappa shape index (κ1) is 14.1. The van der Waals surface area contributed by atoms with Gasteiger partial charge in [-0.1, -0.05) is 13.0 Å². The summed E-state index contributed by atoms with van der Waals surface area (Å²) in [5.74, 6) is 1.04. The summed E-state index contributed by atoms with van der Waals surface area (Å²) < 4.78 is 33.0. The van der Waals surface area contributed by atoms with Gasteiger partial charge in [0.2, 0.25) is 9.05 Å². The maximum atomic E-state index is 11.4. The molecular weight excluding hydrogens is 264 g/mol. The molecule has 0 N–H and O–H groups in total. The first-order valence-corrected chi connectivity index (χ1v) is 7.46. The van der Waals surface area contributed by atoms with E-state index in [1.54, 1.807) is 25.1 Å². The van der Waals surface area contributed by atoms with Crippen LogP contribution in [0.3, 0.4) is 0 Å². The van der Waals surface area contributed by atoms with Crippen LogP contribution in [0.2, 0.25) is 0 Å². The van der Waals surface area contributed by atoms with Crippen LogP contribution in [0.25, 0.3) is 0 Å². The van der Waals surface area contributed by atoms with Crippen LogP contribution in [0.1, 0.15) is 24.2 Å². The van der Waals surface area contributed by atoms with Crippen molar-refractivity contribution in [1.29, 1.82) is 0 Å². The molecule has 0 aromatic heterocycles. The smallest absolute Gasteiger partial charge is 0.239 e. The Hall–Kier alpha value is -0.940. The predicted molar refractivity (Wildman–Crippen MR) is 67.4 cm³/mol. The van der Waals surface area contributed by atoms with Crippen LogP contribution in [-0.2, 0) is 9.05 Å². The summed E-state index contributed by atoms with van der Waals surface area (Å²) in [6, 6.07) is 4.97. The van der Waals surface area contributed by atoms with Crippen molar-refractivity contribution in [2.45, 2.75) is 18.6 Å². The fourth-order valence-corrected chi connectivity index (χ4v) is 3.21. The van der Waals surface area contributed by atoms with Gasteiger partial charge < -0.3 is 9.47 Å². The van der Waals surface area contributed by atoms with E-state index < -0.39 is 14.3 Å². The van der Waals surface area contributed by atoms with Crippen LogP contribution in [0, 0.1) is 0 Å². The maximum absolute atomic E-state index is 11.4. The molecule has 1 aromatic carbocycles. The lowest BCUT2D eigenvalue weighted by Crippen LogP contribution is -2.06. The Balaban J connectivity index is 3.23. The summed E-state index contributed by atoms with van der Waals surface area (Å²) in [6.07, 6.45) is 0.404. The zero-order valence-electron chi connectivity index (χ0n) is 9.94. The lowest BCUT2D eigenvalue weighted by Gasteiger charge is -2.14. The Morgan fingerprint density at radius 3 is 2.24 bits per heavy atom. The molecule has 1 aromatic rings. The topological polar surface area (TPSA) is 52.6 Å². The van der Waals surface area contributed by atoms with Crippen molar-refractivity contribution < 1.29 is 17.9 Å². The normalized spacial score (nSPS) is 13.2. The largest absolute Gasteiger partial charge is 0.493 e. The fourth-order valence-electron chi connectivity index (χ4n) is 1.65. The van der Waals surface area contributed by atoms with Gasteiger partial charge in [0, 0.05) is 10.7 Å². The molecule has 4 nitrogen and oxygen atoms in total. The van der Waals surface area contributed by atoms with E-state index >= 15 is 0 Å². The van der Waals surface area contributed by atoms with Gasteiger partial charge in [0.1, 0.15) is 5.25 Å². The minimum Gasteiger partial charge on any atom is -0.493 e. The number of rotatable bonds is 5. The number of ether oxygens (including phenoxy) is 2. The molecule has 0 fully saturated rings. The van der Waals surface area contributed by atoms with E-state index in [-0.39, 0.29) is 0 Å². The van der Waals surface area contributed by atoms with Crippen molar-refractivity contribution in [3.63, 3.8) is 0 Å². The molecule has 17 heavy (non-hydrogen) atoms. The van der Waals surface area contributed by atoms with Crippen molar-refractivity contribution in [3.05, 3.63) is 23.8 Å². The van der Waals surface area contributed by atoms with Gasteiger partial charge in [-0.25, -0.2) is 8.42 Å². The van der Waals surface area contributed by atoms with E-state index in [0.717, 1.165) is 0 Å². The van der Waals surface area contributed by atoms with Crippen LogP contribution >= 0.6 is 10.7 Å². The van der Waals surface area contributed by atoms with Gasteiger partial charge in [-0.2, -0.15) is 0 Å². The lowest BCUT2D eigenvalue weighted by molar-refractivity contribution is 0.354. The van der Waals surface area contributed by atoms with Gasteiger partial charge in [-0.15, -0.1) is 0 Å². The average Bonchev–Trinajstić information content (AvgIpc) is 2.27. The zero-order valence-corrected chi connectivity index (χ0v) is 11.5. The predicted octanol–water partition coefficient (Wildman–Crippen LogP) is 2.72. The number of methoxy groups -OCH3 is 2. The molecule has 0 saturated heterocycles. The van der Waals surface area contributed by atoms with Crippen LogP contribution in [0.15, 0.2) is 18.2 Å². The van der Waals surface area contributed by atoms with Crippen LogP contribution in [0.4, 0.5) is 0 Å². The first-order valence-electron chi connectivity index (χ1n) is 5.09. The van der Waals surface area contributed by atoms with Gasteiger partial charge in [0.25, 0.3) is 0 Å². The fraction of sp³-hybridized carbons (Fsp3) is 0.455. The average molecular weight is 279 g/mol. The second-order valence-corrected chi connectivity index (χ2v) is 6.30. The third-order valence-electron chi connectivity index (χ3n) is 2.49. The molecular formula is C11H15ClO4S. The molecule has 0 saturated carbocycles. The van der Waals surface area contributed by atoms with Gasteiger partial charge in [0.15, 0.2) is 11.5 Å². The highest BCUT2D eigenvalue weighted by atomic mass is 35.7. The van der Waals surface area contributed by atoms with Crippen LogP contribution in [0.5, 0.6) is 11.5 Å². The van der Waals surface area contributed by atoms with Crippen molar-refractivity contribution in [1.82, 2.24) is 0 Å². The number of halogens is 1. The minimum absolute atomic E-state index is 0.404. The van der Waals surface area contributed by atoms with Gasteiger partial charge in [-0.3, -0.25) is 0 Å². The number of benzene rings is 1. The Labute approximate surface area is 106 Å². The first-order chi connectivity index (χ1) is 7.93. The Kier molecular flexibility index (Phi) is 4.65. The van der Waals surface area contributed by atoms with Crippen LogP contribution in [-0.4, -0.2) is 22.6 Å². The zero-order chi connectivity index (χ0) is 13.1. The highest BCUT2D eigenvalue weighted by Gasteiger charge is 2.24. The van der Waals surface area contributed by atoms with Gasteiger partial charge in [0.05, 0.1) is 14.2 Å². The molecule has 6 heteroatoms. The molecule has 0 amide bonds. The van der Waals surface area contributed by atoms with E-state index in [1.165, 1.54) is 14.2 Å². The third-order valence-corrected chi connectivity index (χ3v) is 4.42. The Bertz CT molecular complexity index is 484. The minimum atomic E-state index is -3.64. The summed E-state index contributed by atoms with van der Waals surface area (Å²) in [7, 11) is 4.79. The van der Waals surface area contributed by atoms with Crippen molar-refractivity contribution in [2.75, 3.05) is 14.2 Å². The highest BCUT2D eigenvalue weighted by molar-refractivity contribution is 8.13. The quantitative estimate of drug-likeness (QED) is 0.777. The SMILES string of the molecule is CCC(c1ccc(OC)c(OC)c1)S(=O)(=O)Cl. The van der Waals surface area contributed by atoms with Crippen LogP contribution < -0.4 is 9.47 Å². The summed E-state index contributed by atoms with van der Waals surface area (Å²) >= 11 is 0. The van der Waals surface area contributed by atoms with E-state index in [0.29, 0.717) is 23.5 Å². The molecule has 0 spiro atoms. The Morgan fingerprint density at radius 1 is 1.24 bits per heavy atom. The van der Waals surface area contributed by atoms with E-state index in [4.69, 9.17) is 20.2 Å². The standard InChI is InChI=1S/C11H15ClO4S/c1-4-11(17(12,13)14)8-5-6-9(15-2)10(7-8)16-3/h5-7,11H,4H2,1-3H3. The summed E-state index contributed by atoms with van der Waals surface area (Å²) in [5, 5.41) is -0.732. The monoisotopic (exact) mass is 278 g/mol. The van der Waals surface area contributed by atoms with E-state index in [1.807, 2.05) is 0 Å². The Morgan fingerprint density at radius 2 is 1.82 bits per heavy atom. The van der Waals surface area contributed by atoms with E-state index in [9.17, 15) is 8.42 Å². The third kappa shape index (κ3) is 3.26. The molecule has 1 unspecified atom stereocenters. The van der Waals surface area contributed by atoms with Crippen molar-refractivity contribution in [3.8, 4) is 11.5 Å². The van der Waals surface area contributed by atoms with Gasteiger partial charge >= 0.3 is 0 Å². The molecule has 0 aliphatic heterocycles. The maximum Gasteiger partial charge on any atom is 0.239 e.